The van der Waals surface area contributed by atoms with Crippen molar-refractivity contribution < 1.29 is 0 Å². The third kappa shape index (κ3) is 2.97. The number of rotatable bonds is 5. The monoisotopic (exact) mass is 263 g/mol. The number of anilines is 2. The van der Waals surface area contributed by atoms with E-state index in [1.807, 2.05) is 0 Å². The van der Waals surface area contributed by atoms with Crippen LogP contribution in [0.25, 0.3) is 0 Å². The molecule has 5 heteroatoms. The minimum atomic E-state index is 0.506. The Morgan fingerprint density at radius 3 is 2.58 bits per heavy atom. The van der Waals surface area contributed by atoms with E-state index in [1.54, 1.807) is 6.33 Å². The molecule has 1 aliphatic carbocycles. The lowest BCUT2D eigenvalue weighted by Crippen LogP contribution is -2.26. The van der Waals surface area contributed by atoms with E-state index in [0.29, 0.717) is 12.0 Å². The third-order valence-electron chi connectivity index (χ3n) is 4.37. The molecule has 19 heavy (non-hydrogen) atoms. The van der Waals surface area contributed by atoms with Crippen molar-refractivity contribution in [2.45, 2.75) is 52.5 Å². The van der Waals surface area contributed by atoms with Crippen molar-refractivity contribution in [2.24, 2.45) is 17.7 Å². The number of hydrogen-bond acceptors (Lipinski definition) is 5. The summed E-state index contributed by atoms with van der Waals surface area (Å²) >= 11 is 0. The predicted octanol–water partition coefficient (Wildman–Crippen LogP) is 2.56. The largest absolute Gasteiger partial charge is 0.367 e. The van der Waals surface area contributed by atoms with Crippen LogP contribution in [0.5, 0.6) is 0 Å². The van der Waals surface area contributed by atoms with E-state index >= 15 is 0 Å². The number of hydrazine groups is 1. The summed E-state index contributed by atoms with van der Waals surface area (Å²) in [6.07, 6.45) is 6.05. The van der Waals surface area contributed by atoms with Gasteiger partial charge in [0.1, 0.15) is 18.0 Å². The molecule has 1 aromatic heterocycles. The van der Waals surface area contributed by atoms with E-state index < -0.39 is 0 Å². The van der Waals surface area contributed by atoms with Gasteiger partial charge in [-0.15, -0.1) is 0 Å². The number of hydrogen-bond donors (Lipinski definition) is 3. The van der Waals surface area contributed by atoms with Crippen LogP contribution in [-0.4, -0.2) is 16.0 Å². The zero-order valence-corrected chi connectivity index (χ0v) is 12.1. The summed E-state index contributed by atoms with van der Waals surface area (Å²) in [5.41, 5.74) is 3.77. The molecular formula is C14H25N5. The SMILES string of the molecule is CCCc1c(NN)ncnc1NC1CCC(C)C1C. The van der Waals surface area contributed by atoms with Gasteiger partial charge in [0.2, 0.25) is 0 Å². The van der Waals surface area contributed by atoms with Crippen LogP contribution in [0.1, 0.15) is 45.6 Å². The first kappa shape index (κ1) is 14.1. The Morgan fingerprint density at radius 1 is 1.26 bits per heavy atom. The Kier molecular flexibility index (Phi) is 4.58. The van der Waals surface area contributed by atoms with Gasteiger partial charge in [-0.05, 0) is 31.1 Å². The fourth-order valence-corrected chi connectivity index (χ4v) is 2.89. The molecule has 0 radical (unpaired) electrons. The van der Waals surface area contributed by atoms with Crippen LogP contribution in [0.15, 0.2) is 6.33 Å². The highest BCUT2D eigenvalue weighted by atomic mass is 15.3. The van der Waals surface area contributed by atoms with Gasteiger partial charge in [-0.2, -0.15) is 0 Å². The molecule has 0 amide bonds. The maximum Gasteiger partial charge on any atom is 0.148 e. The highest BCUT2D eigenvalue weighted by Crippen LogP contribution is 2.34. The Hall–Kier alpha value is -1.36. The Balaban J connectivity index is 2.19. The van der Waals surface area contributed by atoms with Crippen LogP contribution in [0.2, 0.25) is 0 Å². The van der Waals surface area contributed by atoms with Crippen LogP contribution < -0.4 is 16.6 Å². The highest BCUT2D eigenvalue weighted by molar-refractivity contribution is 5.57. The first-order valence-electron chi connectivity index (χ1n) is 7.24. The fraction of sp³-hybridized carbons (Fsp3) is 0.714. The van der Waals surface area contributed by atoms with Crippen LogP contribution in [0.3, 0.4) is 0 Å². The lowest BCUT2D eigenvalue weighted by molar-refractivity contribution is 0.435. The summed E-state index contributed by atoms with van der Waals surface area (Å²) in [5.74, 6) is 8.67. The molecule has 0 aromatic carbocycles. The van der Waals surface area contributed by atoms with Crippen LogP contribution in [-0.2, 0) is 6.42 Å². The van der Waals surface area contributed by atoms with Crippen LogP contribution in [0, 0.1) is 11.8 Å². The molecule has 3 atom stereocenters. The van der Waals surface area contributed by atoms with Gasteiger partial charge in [0.25, 0.3) is 0 Å². The van der Waals surface area contributed by atoms with Crippen LogP contribution >= 0.6 is 0 Å². The maximum atomic E-state index is 5.54. The summed E-state index contributed by atoms with van der Waals surface area (Å²) in [5, 5.41) is 3.60. The van der Waals surface area contributed by atoms with E-state index in [9.17, 15) is 0 Å². The molecule has 3 unspecified atom stereocenters. The first-order chi connectivity index (χ1) is 9.17. The number of nitrogen functional groups attached to an aromatic ring is 1. The van der Waals surface area contributed by atoms with E-state index in [2.05, 4.69) is 41.5 Å². The van der Waals surface area contributed by atoms with Crippen molar-refractivity contribution in [3.8, 4) is 0 Å². The zero-order chi connectivity index (χ0) is 13.8. The Bertz CT molecular complexity index is 420. The number of nitrogens with one attached hydrogen (secondary N) is 2. The summed E-state index contributed by atoms with van der Waals surface area (Å²) in [7, 11) is 0. The van der Waals surface area contributed by atoms with Crippen molar-refractivity contribution in [3.05, 3.63) is 11.9 Å². The molecule has 1 aliphatic rings. The van der Waals surface area contributed by atoms with E-state index in [0.717, 1.165) is 36.0 Å². The van der Waals surface area contributed by atoms with Gasteiger partial charge in [0, 0.05) is 11.6 Å². The molecule has 1 saturated carbocycles. The summed E-state index contributed by atoms with van der Waals surface area (Å²) < 4.78 is 0. The van der Waals surface area contributed by atoms with Crippen LogP contribution in [0.4, 0.5) is 11.6 Å². The predicted molar refractivity (Wildman–Crippen MR) is 78.8 cm³/mol. The molecule has 0 bridgehead atoms. The number of nitrogens with two attached hydrogens (primary N) is 1. The zero-order valence-electron chi connectivity index (χ0n) is 12.1. The number of nitrogens with zero attached hydrogens (tertiary/aromatic N) is 2. The van der Waals surface area contributed by atoms with Crippen molar-refractivity contribution >= 4 is 11.6 Å². The van der Waals surface area contributed by atoms with Crippen molar-refractivity contribution in [2.75, 3.05) is 10.7 Å². The Morgan fingerprint density at radius 2 is 2.00 bits per heavy atom. The average molecular weight is 263 g/mol. The summed E-state index contributed by atoms with van der Waals surface area (Å²) in [4.78, 5) is 8.61. The number of aromatic nitrogens is 2. The lowest BCUT2D eigenvalue weighted by atomic mass is 9.97. The first-order valence-corrected chi connectivity index (χ1v) is 7.24. The molecular weight excluding hydrogens is 238 g/mol. The normalized spacial score (nSPS) is 26.4. The standard InChI is InChI=1S/C14H25N5/c1-4-5-11-13(16-8-17-14(11)19-15)18-12-7-6-9(2)10(12)3/h8-10,12H,4-7,15H2,1-3H3,(H2,16,17,18,19). The molecule has 106 valence electrons. The van der Waals surface area contributed by atoms with Gasteiger partial charge in [0.05, 0.1) is 0 Å². The third-order valence-corrected chi connectivity index (χ3v) is 4.37. The van der Waals surface area contributed by atoms with E-state index in [-0.39, 0.29) is 0 Å². The van der Waals surface area contributed by atoms with Gasteiger partial charge < -0.3 is 10.7 Å². The molecule has 0 aliphatic heterocycles. The van der Waals surface area contributed by atoms with Crippen molar-refractivity contribution in [1.29, 1.82) is 0 Å². The quantitative estimate of drug-likeness (QED) is 0.562. The van der Waals surface area contributed by atoms with Crippen molar-refractivity contribution in [3.63, 3.8) is 0 Å². The van der Waals surface area contributed by atoms with Gasteiger partial charge >= 0.3 is 0 Å². The van der Waals surface area contributed by atoms with Gasteiger partial charge in [-0.1, -0.05) is 27.2 Å². The molecule has 0 saturated heterocycles. The Labute approximate surface area is 115 Å². The highest BCUT2D eigenvalue weighted by Gasteiger charge is 2.30. The lowest BCUT2D eigenvalue weighted by Gasteiger charge is -2.22. The minimum absolute atomic E-state index is 0.506. The second-order valence-electron chi connectivity index (χ2n) is 5.61. The second-order valence-corrected chi connectivity index (χ2v) is 5.61. The van der Waals surface area contributed by atoms with Crippen molar-refractivity contribution in [1.82, 2.24) is 9.97 Å². The van der Waals surface area contributed by atoms with E-state index in [4.69, 9.17) is 5.84 Å². The molecule has 2 rings (SSSR count). The molecule has 1 aromatic rings. The van der Waals surface area contributed by atoms with Gasteiger partial charge in [-0.3, -0.25) is 0 Å². The smallest absolute Gasteiger partial charge is 0.148 e. The molecule has 0 spiro atoms. The average Bonchev–Trinajstić information content (AvgIpc) is 2.73. The molecule has 4 N–H and O–H groups in total. The maximum absolute atomic E-state index is 5.54. The van der Waals surface area contributed by atoms with Gasteiger partial charge in [0.15, 0.2) is 0 Å². The summed E-state index contributed by atoms with van der Waals surface area (Å²) in [6.45, 7) is 6.79. The molecule has 1 heterocycles. The van der Waals surface area contributed by atoms with Gasteiger partial charge in [-0.25, -0.2) is 15.8 Å². The van der Waals surface area contributed by atoms with E-state index in [1.165, 1.54) is 12.8 Å². The fourth-order valence-electron chi connectivity index (χ4n) is 2.89. The molecule has 1 fully saturated rings. The molecule has 5 nitrogen and oxygen atoms in total. The second kappa shape index (κ2) is 6.19. The minimum Gasteiger partial charge on any atom is -0.367 e. The summed E-state index contributed by atoms with van der Waals surface area (Å²) in [6, 6.07) is 0.506. The topological polar surface area (TPSA) is 75.9 Å².